The second kappa shape index (κ2) is 7.77. The van der Waals surface area contributed by atoms with Crippen LogP contribution < -0.4 is 0 Å². The molecule has 150 valence electrons. The van der Waals surface area contributed by atoms with Crippen LogP contribution in [0.3, 0.4) is 0 Å². The summed E-state index contributed by atoms with van der Waals surface area (Å²) < 4.78 is 8.05. The highest BCUT2D eigenvalue weighted by Gasteiger charge is 2.18. The van der Waals surface area contributed by atoms with E-state index in [-0.39, 0.29) is 5.97 Å². The standard InChI is InChI=1S/C25H17Br3O2/c1-30-22(29)4-2-3-13-5-6-17-18-11-14(26)12-19-20(27)9-7-15(24(18)19)16-8-10-21(28)23(13)25(16)17/h5-12H,2-4H2,1H3. The van der Waals surface area contributed by atoms with Crippen molar-refractivity contribution in [2.75, 3.05) is 7.11 Å². The van der Waals surface area contributed by atoms with Crippen LogP contribution in [0.25, 0.3) is 43.1 Å². The maximum atomic E-state index is 11.6. The Morgan fingerprint density at radius 2 is 1.40 bits per heavy atom. The van der Waals surface area contributed by atoms with E-state index in [4.69, 9.17) is 4.74 Å². The van der Waals surface area contributed by atoms with Gasteiger partial charge in [-0.3, -0.25) is 4.79 Å². The molecule has 0 fully saturated rings. The number of hydrogen-bond acceptors (Lipinski definition) is 2. The molecule has 0 unspecified atom stereocenters. The summed E-state index contributed by atoms with van der Waals surface area (Å²) in [5, 5.41) is 9.99. The maximum Gasteiger partial charge on any atom is 0.305 e. The third-order valence-corrected chi connectivity index (χ3v) is 7.67. The summed E-state index contributed by atoms with van der Waals surface area (Å²) in [6.07, 6.45) is 2.03. The van der Waals surface area contributed by atoms with E-state index in [0.717, 1.165) is 26.3 Å². The van der Waals surface area contributed by atoms with E-state index in [0.29, 0.717) is 6.42 Å². The molecule has 0 N–H and O–H groups in total. The molecule has 0 saturated heterocycles. The molecule has 5 rings (SSSR count). The Kier molecular flexibility index (Phi) is 5.24. The highest BCUT2D eigenvalue weighted by Crippen LogP contribution is 2.45. The van der Waals surface area contributed by atoms with Crippen molar-refractivity contribution in [1.82, 2.24) is 0 Å². The van der Waals surface area contributed by atoms with Crippen LogP contribution in [0.2, 0.25) is 0 Å². The maximum absolute atomic E-state index is 11.6. The lowest BCUT2D eigenvalue weighted by Gasteiger charge is -2.18. The molecule has 30 heavy (non-hydrogen) atoms. The van der Waals surface area contributed by atoms with Crippen LogP contribution in [-0.2, 0) is 16.0 Å². The number of fused-ring (bicyclic) bond motifs is 2. The summed E-state index contributed by atoms with van der Waals surface area (Å²) in [4.78, 5) is 11.6. The smallest absolute Gasteiger partial charge is 0.305 e. The number of carbonyl (C=O) groups excluding carboxylic acids is 1. The first-order valence-electron chi connectivity index (χ1n) is 9.73. The first kappa shape index (κ1) is 20.2. The molecular weight excluding hydrogens is 572 g/mol. The van der Waals surface area contributed by atoms with Crippen molar-refractivity contribution < 1.29 is 9.53 Å². The normalized spacial score (nSPS) is 11.9. The van der Waals surface area contributed by atoms with Gasteiger partial charge in [-0.1, -0.05) is 72.1 Å². The summed E-state index contributed by atoms with van der Waals surface area (Å²) in [5.41, 5.74) is 1.25. The van der Waals surface area contributed by atoms with Gasteiger partial charge in [0.1, 0.15) is 0 Å². The van der Waals surface area contributed by atoms with Gasteiger partial charge in [-0.15, -0.1) is 0 Å². The minimum absolute atomic E-state index is 0.159. The average Bonchev–Trinajstić information content (AvgIpc) is 2.74. The molecule has 0 aliphatic heterocycles. The molecule has 2 nitrogen and oxygen atoms in total. The zero-order valence-electron chi connectivity index (χ0n) is 16.2. The Hall–Kier alpha value is -1.69. The van der Waals surface area contributed by atoms with Gasteiger partial charge in [-0.05, 0) is 80.4 Å². The van der Waals surface area contributed by atoms with Gasteiger partial charge in [-0.25, -0.2) is 0 Å². The summed E-state index contributed by atoms with van der Waals surface area (Å²) in [6, 6.07) is 17.5. The van der Waals surface area contributed by atoms with Crippen molar-refractivity contribution in [3.8, 4) is 0 Å². The van der Waals surface area contributed by atoms with Gasteiger partial charge in [0.2, 0.25) is 0 Å². The lowest BCUT2D eigenvalue weighted by Crippen LogP contribution is -2.01. The van der Waals surface area contributed by atoms with Gasteiger partial charge in [0, 0.05) is 25.2 Å². The van der Waals surface area contributed by atoms with Gasteiger partial charge in [0.25, 0.3) is 0 Å². The van der Waals surface area contributed by atoms with E-state index < -0.39 is 0 Å². The lowest BCUT2D eigenvalue weighted by molar-refractivity contribution is -0.140. The summed E-state index contributed by atoms with van der Waals surface area (Å²) in [6.45, 7) is 0. The van der Waals surface area contributed by atoms with Crippen LogP contribution in [0, 0.1) is 0 Å². The predicted octanol–water partition coefficient (Wildman–Crippen LogP) is 8.52. The molecular formula is C25H17Br3O2. The van der Waals surface area contributed by atoms with E-state index in [1.807, 2.05) is 0 Å². The Morgan fingerprint density at radius 1 is 0.767 bits per heavy atom. The van der Waals surface area contributed by atoms with Crippen molar-refractivity contribution in [3.05, 3.63) is 67.5 Å². The lowest BCUT2D eigenvalue weighted by atomic mass is 9.87. The molecule has 0 saturated carbocycles. The van der Waals surface area contributed by atoms with Gasteiger partial charge >= 0.3 is 5.97 Å². The average molecular weight is 589 g/mol. The van der Waals surface area contributed by atoms with Crippen molar-refractivity contribution in [2.45, 2.75) is 19.3 Å². The van der Waals surface area contributed by atoms with E-state index >= 15 is 0 Å². The predicted molar refractivity (Wildman–Crippen MR) is 136 cm³/mol. The largest absolute Gasteiger partial charge is 0.469 e. The number of ether oxygens (including phenoxy) is 1. The minimum Gasteiger partial charge on any atom is -0.469 e. The van der Waals surface area contributed by atoms with Crippen LogP contribution in [0.1, 0.15) is 18.4 Å². The Balaban J connectivity index is 1.86. The molecule has 0 aliphatic carbocycles. The molecule has 0 aromatic heterocycles. The molecule has 5 aromatic rings. The van der Waals surface area contributed by atoms with Crippen molar-refractivity contribution in [3.63, 3.8) is 0 Å². The van der Waals surface area contributed by atoms with Crippen LogP contribution in [0.15, 0.2) is 61.9 Å². The van der Waals surface area contributed by atoms with Crippen LogP contribution >= 0.6 is 47.8 Å². The number of aryl methyl sites for hydroxylation is 1. The minimum atomic E-state index is -0.159. The summed E-state index contributed by atoms with van der Waals surface area (Å²) >= 11 is 11.2. The monoisotopic (exact) mass is 586 g/mol. The fraction of sp³-hybridized carbons (Fsp3) is 0.160. The van der Waals surface area contributed by atoms with Gasteiger partial charge in [-0.2, -0.15) is 0 Å². The third kappa shape index (κ3) is 3.14. The van der Waals surface area contributed by atoms with E-state index in [2.05, 4.69) is 96.3 Å². The Labute approximate surface area is 199 Å². The van der Waals surface area contributed by atoms with Crippen molar-refractivity contribution >= 4 is 96.8 Å². The number of halogens is 3. The molecule has 0 heterocycles. The fourth-order valence-electron chi connectivity index (χ4n) is 4.56. The highest BCUT2D eigenvalue weighted by molar-refractivity contribution is 9.11. The van der Waals surface area contributed by atoms with E-state index in [1.165, 1.54) is 55.8 Å². The molecule has 5 aromatic carbocycles. The molecule has 5 heteroatoms. The van der Waals surface area contributed by atoms with Gasteiger partial charge in [0.05, 0.1) is 7.11 Å². The SMILES string of the molecule is COC(=O)CCCc1ccc2c3cc(Br)cc4c(Br)ccc(c5ccc(Br)c1c52)c43. The number of esters is 1. The number of methoxy groups -OCH3 is 1. The molecule has 0 spiro atoms. The van der Waals surface area contributed by atoms with Crippen molar-refractivity contribution in [1.29, 1.82) is 0 Å². The van der Waals surface area contributed by atoms with Gasteiger partial charge < -0.3 is 4.74 Å². The van der Waals surface area contributed by atoms with E-state index in [9.17, 15) is 4.79 Å². The summed E-state index contributed by atoms with van der Waals surface area (Å²) in [7, 11) is 1.44. The highest BCUT2D eigenvalue weighted by atomic mass is 79.9. The van der Waals surface area contributed by atoms with Gasteiger partial charge in [0.15, 0.2) is 0 Å². The quantitative estimate of drug-likeness (QED) is 0.119. The topological polar surface area (TPSA) is 26.3 Å². The first-order valence-corrected chi connectivity index (χ1v) is 12.1. The number of hydrogen-bond donors (Lipinski definition) is 0. The molecule has 0 radical (unpaired) electrons. The van der Waals surface area contributed by atoms with Crippen molar-refractivity contribution in [2.24, 2.45) is 0 Å². The van der Waals surface area contributed by atoms with Crippen LogP contribution in [-0.4, -0.2) is 13.1 Å². The van der Waals surface area contributed by atoms with Crippen LogP contribution in [0.4, 0.5) is 0 Å². The van der Waals surface area contributed by atoms with E-state index in [1.54, 1.807) is 0 Å². The second-order valence-electron chi connectivity index (χ2n) is 7.52. The van der Waals surface area contributed by atoms with Crippen LogP contribution in [0.5, 0.6) is 0 Å². The zero-order valence-corrected chi connectivity index (χ0v) is 20.9. The Bertz CT molecular complexity index is 1460. The molecule has 0 aliphatic rings. The zero-order chi connectivity index (χ0) is 21.0. The third-order valence-electron chi connectivity index (χ3n) is 5.86. The molecule has 0 amide bonds. The number of rotatable bonds is 4. The molecule has 0 bridgehead atoms. The fourth-order valence-corrected chi connectivity index (χ4v) is 6.04. The summed E-state index contributed by atoms with van der Waals surface area (Å²) in [5.74, 6) is -0.159. The number of benzene rings is 5. The molecule has 0 atom stereocenters. The number of carbonyl (C=O) groups is 1. The first-order chi connectivity index (χ1) is 14.5. The second-order valence-corrected chi connectivity index (χ2v) is 10.1. The Morgan fingerprint density at radius 3 is 2.17 bits per heavy atom.